The number of nitrogens with zero attached hydrogens (tertiary/aromatic N) is 5. The van der Waals surface area contributed by atoms with Crippen molar-refractivity contribution >= 4 is 34.1 Å². The average Bonchev–Trinajstić information content (AvgIpc) is 3.12. The summed E-state index contributed by atoms with van der Waals surface area (Å²) in [6.45, 7) is 3.72. The van der Waals surface area contributed by atoms with Gasteiger partial charge in [-0.05, 0) is 32.0 Å². The molecule has 9 nitrogen and oxygen atoms in total. The molecule has 0 aliphatic heterocycles. The average molecular weight is 339 g/mol. The molecule has 0 atom stereocenters. The zero-order chi connectivity index (χ0) is 17.7. The van der Waals surface area contributed by atoms with Crippen molar-refractivity contribution in [3.63, 3.8) is 0 Å². The number of aromatic nitrogens is 5. The van der Waals surface area contributed by atoms with Crippen LogP contribution in [-0.4, -0.2) is 29.8 Å². The van der Waals surface area contributed by atoms with Gasteiger partial charge in [0.05, 0.1) is 17.7 Å². The summed E-state index contributed by atoms with van der Waals surface area (Å²) < 4.78 is 7.08. The van der Waals surface area contributed by atoms with E-state index in [-0.39, 0.29) is 24.6 Å². The summed E-state index contributed by atoms with van der Waals surface area (Å²) in [5.74, 6) is 0.102. The number of aliphatic hydroxyl groups excluding tert-OH is 1. The summed E-state index contributed by atoms with van der Waals surface area (Å²) in [6, 6.07) is 5.64. The van der Waals surface area contributed by atoms with Crippen LogP contribution in [0.4, 0.5) is 12.0 Å². The zero-order valence-electron chi connectivity index (χ0n) is 13.8. The molecule has 4 rings (SSSR count). The Hall–Kier alpha value is -3.20. The summed E-state index contributed by atoms with van der Waals surface area (Å²) >= 11 is 0. The van der Waals surface area contributed by atoms with Crippen molar-refractivity contribution in [2.45, 2.75) is 26.5 Å². The van der Waals surface area contributed by atoms with Gasteiger partial charge in [-0.2, -0.15) is 15.1 Å². The molecule has 0 fully saturated rings. The molecule has 128 valence electrons. The predicted molar refractivity (Wildman–Crippen MR) is 93.5 cm³/mol. The highest BCUT2D eigenvalue weighted by Gasteiger charge is 2.21. The van der Waals surface area contributed by atoms with Crippen molar-refractivity contribution < 1.29 is 9.52 Å². The molecule has 3 heterocycles. The van der Waals surface area contributed by atoms with Crippen LogP contribution in [0, 0.1) is 0 Å². The molecule has 0 bridgehead atoms. The van der Waals surface area contributed by atoms with Gasteiger partial charge < -0.3 is 21.0 Å². The van der Waals surface area contributed by atoms with Crippen molar-refractivity contribution in [1.29, 1.82) is 0 Å². The molecule has 3 aromatic heterocycles. The van der Waals surface area contributed by atoms with Crippen LogP contribution in [0.25, 0.3) is 33.4 Å². The first kappa shape index (κ1) is 15.3. The van der Waals surface area contributed by atoms with Gasteiger partial charge in [0.25, 0.3) is 6.01 Å². The predicted octanol–water partition coefficient (Wildman–Crippen LogP) is 1.87. The van der Waals surface area contributed by atoms with Gasteiger partial charge in [0.1, 0.15) is 11.2 Å². The minimum atomic E-state index is -0.265. The summed E-state index contributed by atoms with van der Waals surface area (Å²) in [6.07, 6.45) is 0. The van der Waals surface area contributed by atoms with Crippen molar-refractivity contribution in [2.24, 2.45) is 0 Å². The third kappa shape index (κ3) is 2.36. The Balaban J connectivity index is 2.05. The number of fused-ring (bicyclic) bond motifs is 2. The summed E-state index contributed by atoms with van der Waals surface area (Å²) in [5, 5.41) is 15.1. The SMILES string of the molecule is CC(C)n1nc(-c2ccc3oc(N)nc3c2)c2c(CO)nc(N)nc21. The van der Waals surface area contributed by atoms with Crippen molar-refractivity contribution in [2.75, 3.05) is 11.5 Å². The topological polar surface area (TPSA) is 142 Å². The van der Waals surface area contributed by atoms with Crippen molar-refractivity contribution in [3.05, 3.63) is 23.9 Å². The van der Waals surface area contributed by atoms with E-state index in [2.05, 4.69) is 20.1 Å². The van der Waals surface area contributed by atoms with Crippen LogP contribution >= 0.6 is 0 Å². The number of hydrogen-bond donors (Lipinski definition) is 3. The van der Waals surface area contributed by atoms with E-state index in [0.29, 0.717) is 33.5 Å². The van der Waals surface area contributed by atoms with Crippen LogP contribution < -0.4 is 11.5 Å². The number of nitrogen functional groups attached to an aromatic ring is 2. The number of nitrogens with two attached hydrogens (primary N) is 2. The second-order valence-corrected chi connectivity index (χ2v) is 6.01. The molecule has 4 aromatic rings. The van der Waals surface area contributed by atoms with Crippen LogP contribution in [-0.2, 0) is 6.61 Å². The Morgan fingerprint density at radius 3 is 2.72 bits per heavy atom. The summed E-state index contributed by atoms with van der Waals surface area (Å²) in [4.78, 5) is 12.6. The molecular formula is C16H17N7O2. The van der Waals surface area contributed by atoms with E-state index in [1.54, 1.807) is 10.7 Å². The Morgan fingerprint density at radius 1 is 1.20 bits per heavy atom. The molecule has 5 N–H and O–H groups in total. The third-order valence-corrected chi connectivity index (χ3v) is 3.96. The highest BCUT2D eigenvalue weighted by molar-refractivity contribution is 5.95. The van der Waals surface area contributed by atoms with Gasteiger partial charge in [-0.15, -0.1) is 0 Å². The molecule has 0 saturated carbocycles. The first-order chi connectivity index (χ1) is 12.0. The number of anilines is 2. The van der Waals surface area contributed by atoms with E-state index >= 15 is 0 Å². The van der Waals surface area contributed by atoms with Gasteiger partial charge in [-0.25, -0.2) is 9.67 Å². The maximum atomic E-state index is 9.73. The molecule has 25 heavy (non-hydrogen) atoms. The van der Waals surface area contributed by atoms with E-state index in [1.165, 1.54) is 0 Å². The second kappa shape index (κ2) is 5.42. The number of hydrogen-bond acceptors (Lipinski definition) is 8. The van der Waals surface area contributed by atoms with E-state index < -0.39 is 0 Å². The van der Waals surface area contributed by atoms with Crippen LogP contribution in [0.15, 0.2) is 22.6 Å². The lowest BCUT2D eigenvalue weighted by molar-refractivity contribution is 0.278. The lowest BCUT2D eigenvalue weighted by atomic mass is 10.1. The minimum absolute atomic E-state index is 0.0588. The number of benzene rings is 1. The van der Waals surface area contributed by atoms with Crippen molar-refractivity contribution in [1.82, 2.24) is 24.7 Å². The highest BCUT2D eigenvalue weighted by atomic mass is 16.4. The quantitative estimate of drug-likeness (QED) is 0.513. The first-order valence-corrected chi connectivity index (χ1v) is 7.80. The third-order valence-electron chi connectivity index (χ3n) is 3.96. The lowest BCUT2D eigenvalue weighted by Crippen LogP contribution is -2.06. The maximum absolute atomic E-state index is 9.73. The monoisotopic (exact) mass is 339 g/mol. The summed E-state index contributed by atoms with van der Waals surface area (Å²) in [7, 11) is 0. The normalized spacial score (nSPS) is 11.8. The van der Waals surface area contributed by atoms with Gasteiger partial charge >= 0.3 is 0 Å². The molecule has 0 aliphatic rings. The van der Waals surface area contributed by atoms with E-state index in [1.807, 2.05) is 26.0 Å². The molecule has 0 radical (unpaired) electrons. The summed E-state index contributed by atoms with van der Waals surface area (Å²) in [5.41, 5.74) is 15.1. The zero-order valence-corrected chi connectivity index (χ0v) is 13.8. The largest absolute Gasteiger partial charge is 0.424 e. The van der Waals surface area contributed by atoms with Gasteiger partial charge in [0.15, 0.2) is 11.2 Å². The molecule has 0 saturated heterocycles. The van der Waals surface area contributed by atoms with Gasteiger partial charge in [-0.3, -0.25) is 0 Å². The van der Waals surface area contributed by atoms with Crippen LogP contribution in [0.5, 0.6) is 0 Å². The molecule has 9 heteroatoms. The van der Waals surface area contributed by atoms with E-state index in [9.17, 15) is 5.11 Å². The number of oxazole rings is 1. The van der Waals surface area contributed by atoms with Gasteiger partial charge in [-0.1, -0.05) is 0 Å². The fraction of sp³-hybridized carbons (Fsp3) is 0.250. The Labute approximate surface area is 142 Å². The molecule has 0 aliphatic carbocycles. The number of rotatable bonds is 3. The first-order valence-electron chi connectivity index (χ1n) is 7.80. The van der Waals surface area contributed by atoms with Crippen LogP contribution in [0.1, 0.15) is 25.6 Å². The number of aliphatic hydroxyl groups is 1. The standard InChI is InChI=1S/C16H17N7O2/c1-7(2)23-14-12(10(6-24)19-15(17)21-14)13(22-23)8-3-4-11-9(5-8)20-16(18)25-11/h3-5,7,24H,6H2,1-2H3,(H2,18,20)(H2,17,19,21). The highest BCUT2D eigenvalue weighted by Crippen LogP contribution is 2.33. The molecule has 0 unspecified atom stereocenters. The molecule has 0 spiro atoms. The van der Waals surface area contributed by atoms with Gasteiger partial charge in [0, 0.05) is 11.6 Å². The van der Waals surface area contributed by atoms with E-state index in [0.717, 1.165) is 5.56 Å². The fourth-order valence-electron chi connectivity index (χ4n) is 2.90. The second-order valence-electron chi connectivity index (χ2n) is 6.01. The fourth-order valence-corrected chi connectivity index (χ4v) is 2.90. The molecular weight excluding hydrogens is 322 g/mol. The molecule has 0 amide bonds. The Kier molecular flexibility index (Phi) is 3.32. The van der Waals surface area contributed by atoms with Crippen molar-refractivity contribution in [3.8, 4) is 11.3 Å². The Bertz CT molecular complexity index is 1100. The smallest absolute Gasteiger partial charge is 0.292 e. The van der Waals surface area contributed by atoms with Crippen LogP contribution in [0.2, 0.25) is 0 Å². The van der Waals surface area contributed by atoms with E-state index in [4.69, 9.17) is 15.9 Å². The maximum Gasteiger partial charge on any atom is 0.292 e. The minimum Gasteiger partial charge on any atom is -0.424 e. The molecule has 1 aromatic carbocycles. The lowest BCUT2D eigenvalue weighted by Gasteiger charge is -2.06. The Morgan fingerprint density at radius 2 is 2.00 bits per heavy atom. The van der Waals surface area contributed by atoms with Gasteiger partial charge in [0.2, 0.25) is 5.95 Å². The van der Waals surface area contributed by atoms with Crippen LogP contribution in [0.3, 0.4) is 0 Å².